The molecule has 0 aromatic rings. The Kier molecular flexibility index (Phi) is 4.31. The number of amides is 2. The minimum Gasteiger partial charge on any atom is -0.353 e. The van der Waals surface area contributed by atoms with E-state index in [1.54, 1.807) is 0 Å². The van der Waals surface area contributed by atoms with Crippen molar-refractivity contribution in [1.29, 1.82) is 0 Å². The van der Waals surface area contributed by atoms with E-state index in [2.05, 4.69) is 12.2 Å². The van der Waals surface area contributed by atoms with Crippen LogP contribution in [0.3, 0.4) is 0 Å². The highest BCUT2D eigenvalue weighted by atomic mass is 16.5. The monoisotopic (exact) mass is 334 g/mol. The third-order valence-electron chi connectivity index (χ3n) is 6.36. The molecule has 134 valence electrons. The van der Waals surface area contributed by atoms with Gasteiger partial charge in [0.15, 0.2) is 0 Å². The van der Waals surface area contributed by atoms with Crippen LogP contribution >= 0.6 is 0 Å². The largest absolute Gasteiger partial charge is 0.353 e. The maximum atomic E-state index is 13.3. The van der Waals surface area contributed by atoms with Crippen molar-refractivity contribution < 1.29 is 14.3 Å². The van der Waals surface area contributed by atoms with E-state index in [0.717, 1.165) is 57.8 Å². The SMILES string of the molecule is C[C@H]1CCC[C@@]2(C1)OC[C@@H](C(=O)NC1CC1)N2C(=O)C1CCCC1. The maximum Gasteiger partial charge on any atom is 0.245 e. The molecule has 0 aromatic carbocycles. The molecule has 4 fully saturated rings. The van der Waals surface area contributed by atoms with E-state index >= 15 is 0 Å². The average Bonchev–Trinajstić information content (AvgIpc) is 3.08. The molecule has 4 aliphatic rings. The number of nitrogens with one attached hydrogen (secondary N) is 1. The van der Waals surface area contributed by atoms with Gasteiger partial charge in [0, 0.05) is 12.0 Å². The van der Waals surface area contributed by atoms with Crippen LogP contribution in [0.4, 0.5) is 0 Å². The lowest BCUT2D eigenvalue weighted by atomic mass is 9.82. The summed E-state index contributed by atoms with van der Waals surface area (Å²) in [6.07, 6.45) is 10.4. The van der Waals surface area contributed by atoms with E-state index in [9.17, 15) is 9.59 Å². The normalized spacial score (nSPS) is 37.1. The van der Waals surface area contributed by atoms with Gasteiger partial charge in [-0.1, -0.05) is 26.2 Å². The fraction of sp³-hybridized carbons (Fsp3) is 0.895. The second-order valence-electron chi connectivity index (χ2n) is 8.45. The molecule has 4 rings (SSSR count). The smallest absolute Gasteiger partial charge is 0.245 e. The van der Waals surface area contributed by atoms with Gasteiger partial charge in [0.1, 0.15) is 11.8 Å². The summed E-state index contributed by atoms with van der Waals surface area (Å²) in [7, 11) is 0. The van der Waals surface area contributed by atoms with Crippen molar-refractivity contribution in [2.75, 3.05) is 6.61 Å². The molecule has 0 radical (unpaired) electrons. The highest BCUT2D eigenvalue weighted by Gasteiger charge is 2.55. The molecular weight excluding hydrogens is 304 g/mol. The number of carbonyl (C=O) groups is 2. The number of ether oxygens (including phenoxy) is 1. The summed E-state index contributed by atoms with van der Waals surface area (Å²) in [5.74, 6) is 0.814. The zero-order chi connectivity index (χ0) is 16.7. The quantitative estimate of drug-likeness (QED) is 0.863. The minimum absolute atomic E-state index is 0.000974. The van der Waals surface area contributed by atoms with E-state index < -0.39 is 11.8 Å². The summed E-state index contributed by atoms with van der Waals surface area (Å²) >= 11 is 0. The second-order valence-corrected chi connectivity index (χ2v) is 8.45. The standard InChI is InChI=1S/C19H30N2O3/c1-13-5-4-10-19(11-13)21(18(23)14-6-2-3-7-14)16(12-24-19)17(22)20-15-8-9-15/h13-16H,2-12H2,1H3,(H,20,22)/t13-,16-,19-/m0/s1. The first kappa shape index (κ1) is 16.4. The molecule has 1 saturated heterocycles. The first-order valence-electron chi connectivity index (χ1n) is 9.86. The molecule has 1 aliphatic heterocycles. The van der Waals surface area contributed by atoms with Crippen LogP contribution in [0.15, 0.2) is 0 Å². The number of rotatable bonds is 3. The van der Waals surface area contributed by atoms with Gasteiger partial charge in [0.25, 0.3) is 0 Å². The number of hydrogen-bond donors (Lipinski definition) is 1. The number of hydrogen-bond acceptors (Lipinski definition) is 3. The molecule has 2 amide bonds. The van der Waals surface area contributed by atoms with Crippen molar-refractivity contribution in [3.63, 3.8) is 0 Å². The molecule has 1 heterocycles. The Labute approximate surface area is 144 Å². The Morgan fingerprint density at radius 1 is 1.08 bits per heavy atom. The van der Waals surface area contributed by atoms with Gasteiger partial charge in [0.05, 0.1) is 6.61 Å². The molecule has 5 nitrogen and oxygen atoms in total. The van der Waals surface area contributed by atoms with Crippen LogP contribution in [0.5, 0.6) is 0 Å². The van der Waals surface area contributed by atoms with E-state index in [1.807, 2.05) is 4.90 Å². The third-order valence-corrected chi connectivity index (χ3v) is 6.36. The zero-order valence-electron chi connectivity index (χ0n) is 14.8. The summed E-state index contributed by atoms with van der Waals surface area (Å²) < 4.78 is 6.23. The summed E-state index contributed by atoms with van der Waals surface area (Å²) in [5, 5.41) is 3.09. The number of carbonyl (C=O) groups excluding carboxylic acids is 2. The minimum atomic E-state index is -0.525. The Hall–Kier alpha value is -1.10. The van der Waals surface area contributed by atoms with E-state index in [4.69, 9.17) is 4.74 Å². The summed E-state index contributed by atoms with van der Waals surface area (Å²) in [6.45, 7) is 2.60. The summed E-state index contributed by atoms with van der Waals surface area (Å²) in [4.78, 5) is 28.0. The molecule has 3 aliphatic carbocycles. The van der Waals surface area contributed by atoms with E-state index in [1.165, 1.54) is 6.42 Å². The van der Waals surface area contributed by atoms with Gasteiger partial charge in [-0.05, 0) is 50.9 Å². The molecule has 1 N–H and O–H groups in total. The van der Waals surface area contributed by atoms with Crippen LogP contribution in [0, 0.1) is 11.8 Å². The van der Waals surface area contributed by atoms with Gasteiger partial charge in [0.2, 0.25) is 11.8 Å². The molecule has 3 saturated carbocycles. The molecule has 0 aromatic heterocycles. The summed E-state index contributed by atoms with van der Waals surface area (Å²) in [6, 6.07) is -0.105. The second kappa shape index (κ2) is 6.32. The van der Waals surface area contributed by atoms with Crippen molar-refractivity contribution in [2.45, 2.75) is 88.9 Å². The van der Waals surface area contributed by atoms with Gasteiger partial charge < -0.3 is 10.1 Å². The Balaban J connectivity index is 1.58. The predicted octanol–water partition coefficient (Wildman–Crippen LogP) is 2.59. The lowest BCUT2D eigenvalue weighted by Gasteiger charge is -2.44. The summed E-state index contributed by atoms with van der Waals surface area (Å²) in [5.41, 5.74) is -0.525. The van der Waals surface area contributed by atoms with Crippen LogP contribution in [0.1, 0.15) is 71.1 Å². The zero-order valence-corrected chi connectivity index (χ0v) is 14.8. The lowest BCUT2D eigenvalue weighted by molar-refractivity contribution is -0.166. The van der Waals surface area contributed by atoms with Gasteiger partial charge in [-0.3, -0.25) is 14.5 Å². The van der Waals surface area contributed by atoms with Crippen LogP contribution < -0.4 is 5.32 Å². The molecule has 0 bridgehead atoms. The average molecular weight is 334 g/mol. The van der Waals surface area contributed by atoms with E-state index in [0.29, 0.717) is 18.6 Å². The fourth-order valence-electron chi connectivity index (χ4n) is 4.93. The van der Waals surface area contributed by atoms with Crippen molar-refractivity contribution >= 4 is 11.8 Å². The molecule has 5 heteroatoms. The molecule has 3 atom stereocenters. The molecular formula is C19H30N2O3. The third kappa shape index (κ3) is 2.96. The van der Waals surface area contributed by atoms with Crippen molar-refractivity contribution in [1.82, 2.24) is 10.2 Å². The Bertz CT molecular complexity index is 513. The van der Waals surface area contributed by atoms with Crippen molar-refractivity contribution in [3.05, 3.63) is 0 Å². The first-order valence-corrected chi connectivity index (χ1v) is 9.86. The van der Waals surface area contributed by atoms with Crippen LogP contribution in [0.2, 0.25) is 0 Å². The van der Waals surface area contributed by atoms with Gasteiger partial charge in [-0.2, -0.15) is 0 Å². The fourth-order valence-corrected chi connectivity index (χ4v) is 4.93. The molecule has 1 spiro atoms. The maximum absolute atomic E-state index is 13.3. The van der Waals surface area contributed by atoms with Crippen LogP contribution in [-0.4, -0.2) is 41.1 Å². The first-order chi connectivity index (χ1) is 11.6. The van der Waals surface area contributed by atoms with E-state index in [-0.39, 0.29) is 17.7 Å². The van der Waals surface area contributed by atoms with Gasteiger partial charge in [-0.25, -0.2) is 0 Å². The molecule has 24 heavy (non-hydrogen) atoms. The molecule has 0 unspecified atom stereocenters. The predicted molar refractivity (Wildman–Crippen MR) is 90.1 cm³/mol. The topological polar surface area (TPSA) is 58.6 Å². The Morgan fingerprint density at radius 3 is 2.50 bits per heavy atom. The van der Waals surface area contributed by atoms with Crippen LogP contribution in [0.25, 0.3) is 0 Å². The van der Waals surface area contributed by atoms with Crippen molar-refractivity contribution in [3.8, 4) is 0 Å². The number of nitrogens with zero attached hydrogens (tertiary/aromatic N) is 1. The van der Waals surface area contributed by atoms with Crippen LogP contribution in [-0.2, 0) is 14.3 Å². The highest BCUT2D eigenvalue weighted by Crippen LogP contribution is 2.44. The van der Waals surface area contributed by atoms with Crippen molar-refractivity contribution in [2.24, 2.45) is 11.8 Å². The highest BCUT2D eigenvalue weighted by molar-refractivity contribution is 5.90. The Morgan fingerprint density at radius 2 is 1.83 bits per heavy atom. The van der Waals surface area contributed by atoms with Gasteiger partial charge in [-0.15, -0.1) is 0 Å². The lowest BCUT2D eigenvalue weighted by Crippen LogP contribution is -2.58. The van der Waals surface area contributed by atoms with Gasteiger partial charge >= 0.3 is 0 Å².